The number of fused-ring (bicyclic) bond motifs is 1. The zero-order chi connectivity index (χ0) is 17.1. The zero-order valence-electron chi connectivity index (χ0n) is 13.2. The molecule has 2 aliphatic rings. The Morgan fingerprint density at radius 3 is 2.62 bits per heavy atom. The fourth-order valence-corrected chi connectivity index (χ4v) is 2.34. The highest BCUT2D eigenvalue weighted by molar-refractivity contribution is 6.02. The Morgan fingerprint density at radius 1 is 1.21 bits per heavy atom. The van der Waals surface area contributed by atoms with Crippen LogP contribution in [0.15, 0.2) is 18.2 Å². The summed E-state index contributed by atoms with van der Waals surface area (Å²) >= 11 is 0. The molecule has 1 aromatic carbocycles. The van der Waals surface area contributed by atoms with E-state index in [4.69, 9.17) is 14.2 Å². The van der Waals surface area contributed by atoms with E-state index in [0.29, 0.717) is 36.3 Å². The third-order valence-electron chi connectivity index (χ3n) is 3.81. The van der Waals surface area contributed by atoms with Gasteiger partial charge in [-0.05, 0) is 24.5 Å². The summed E-state index contributed by atoms with van der Waals surface area (Å²) in [6.45, 7) is 2.38. The highest BCUT2D eigenvalue weighted by atomic mass is 16.6. The minimum absolute atomic E-state index is 0.121. The molecule has 0 spiro atoms. The van der Waals surface area contributed by atoms with Crippen molar-refractivity contribution in [3.63, 3.8) is 0 Å². The Hall–Kier alpha value is -2.77. The molecule has 8 heteroatoms. The van der Waals surface area contributed by atoms with Crippen LogP contribution >= 0.6 is 0 Å². The Morgan fingerprint density at radius 2 is 1.92 bits per heavy atom. The fraction of sp³-hybridized carbons (Fsp3) is 0.438. The Kier molecular flexibility index (Phi) is 4.54. The van der Waals surface area contributed by atoms with Crippen LogP contribution in [-0.4, -0.2) is 37.7 Å². The van der Waals surface area contributed by atoms with Crippen LogP contribution in [0, 0.1) is 11.8 Å². The molecule has 2 unspecified atom stereocenters. The lowest BCUT2D eigenvalue weighted by Crippen LogP contribution is -2.37. The SMILES string of the molecule is CC1CC1C(=O)OCC(=O)NC(=O)Nc1ccc2c(c1)OCCO2. The molecule has 1 saturated carbocycles. The molecule has 8 nitrogen and oxygen atoms in total. The van der Waals surface area contributed by atoms with Crippen LogP contribution in [0.4, 0.5) is 10.5 Å². The third kappa shape index (κ3) is 3.95. The number of imide groups is 1. The molecule has 128 valence electrons. The number of carbonyl (C=O) groups excluding carboxylic acids is 3. The number of anilines is 1. The van der Waals surface area contributed by atoms with Crippen LogP contribution < -0.4 is 20.1 Å². The van der Waals surface area contributed by atoms with Gasteiger partial charge in [-0.3, -0.25) is 14.9 Å². The van der Waals surface area contributed by atoms with Crippen molar-refractivity contribution in [2.24, 2.45) is 11.8 Å². The van der Waals surface area contributed by atoms with Crippen LogP contribution in [0.3, 0.4) is 0 Å². The molecular formula is C16H18N2O6. The summed E-state index contributed by atoms with van der Waals surface area (Å²) in [5.41, 5.74) is 0.452. The summed E-state index contributed by atoms with van der Waals surface area (Å²) < 4.78 is 15.6. The number of ether oxygens (including phenoxy) is 3. The normalized spacial score (nSPS) is 20.7. The number of nitrogens with one attached hydrogen (secondary N) is 2. The number of benzene rings is 1. The Bertz CT molecular complexity index is 675. The van der Waals surface area contributed by atoms with Crippen molar-refractivity contribution in [1.29, 1.82) is 0 Å². The molecule has 3 amide bonds. The molecule has 1 heterocycles. The molecule has 2 N–H and O–H groups in total. The predicted octanol–water partition coefficient (Wildman–Crippen LogP) is 1.31. The number of urea groups is 1. The van der Waals surface area contributed by atoms with Crippen molar-refractivity contribution in [2.75, 3.05) is 25.1 Å². The summed E-state index contributed by atoms with van der Waals surface area (Å²) in [5.74, 6) is 0.224. The molecule has 1 aromatic rings. The summed E-state index contributed by atoms with van der Waals surface area (Å²) in [6.07, 6.45) is 0.783. The van der Waals surface area contributed by atoms with Crippen molar-refractivity contribution >= 4 is 23.6 Å². The van der Waals surface area contributed by atoms with Crippen LogP contribution in [0.1, 0.15) is 13.3 Å². The zero-order valence-corrected chi connectivity index (χ0v) is 13.2. The second-order valence-corrected chi connectivity index (χ2v) is 5.79. The van der Waals surface area contributed by atoms with E-state index in [1.807, 2.05) is 6.92 Å². The van der Waals surface area contributed by atoms with Gasteiger partial charge < -0.3 is 19.5 Å². The van der Waals surface area contributed by atoms with Gasteiger partial charge in [0.2, 0.25) is 0 Å². The maximum atomic E-state index is 11.8. The molecule has 2 atom stereocenters. The molecule has 1 aliphatic heterocycles. The van der Waals surface area contributed by atoms with Gasteiger partial charge in [0.15, 0.2) is 18.1 Å². The van der Waals surface area contributed by atoms with Gasteiger partial charge in [-0.1, -0.05) is 6.92 Å². The lowest BCUT2D eigenvalue weighted by molar-refractivity contribution is -0.149. The van der Waals surface area contributed by atoms with Crippen LogP contribution in [-0.2, 0) is 14.3 Å². The summed E-state index contributed by atoms with van der Waals surface area (Å²) in [5, 5.41) is 4.60. The summed E-state index contributed by atoms with van der Waals surface area (Å²) in [7, 11) is 0. The number of carbonyl (C=O) groups is 3. The fourth-order valence-electron chi connectivity index (χ4n) is 2.34. The standard InChI is InChI=1S/C16H18N2O6/c1-9-6-11(9)15(20)24-8-14(19)18-16(21)17-10-2-3-12-13(7-10)23-5-4-22-12/h2-3,7,9,11H,4-6,8H2,1H3,(H2,17,18,19,21). The maximum Gasteiger partial charge on any atom is 0.325 e. The van der Waals surface area contributed by atoms with E-state index in [1.54, 1.807) is 18.2 Å². The summed E-state index contributed by atoms with van der Waals surface area (Å²) in [4.78, 5) is 34.9. The molecule has 1 aliphatic carbocycles. The van der Waals surface area contributed by atoms with E-state index in [0.717, 1.165) is 6.42 Å². The summed E-state index contributed by atoms with van der Waals surface area (Å²) in [6, 6.07) is 4.19. The van der Waals surface area contributed by atoms with Crippen molar-refractivity contribution in [3.05, 3.63) is 18.2 Å². The number of hydrogen-bond acceptors (Lipinski definition) is 6. The average molecular weight is 334 g/mol. The van der Waals surface area contributed by atoms with Gasteiger partial charge in [0, 0.05) is 11.8 Å². The molecule has 3 rings (SSSR count). The minimum Gasteiger partial charge on any atom is -0.486 e. The number of hydrogen-bond donors (Lipinski definition) is 2. The number of esters is 1. The van der Waals surface area contributed by atoms with Crippen molar-refractivity contribution in [2.45, 2.75) is 13.3 Å². The number of rotatable bonds is 4. The van der Waals surface area contributed by atoms with Gasteiger partial charge in [0.05, 0.1) is 5.92 Å². The van der Waals surface area contributed by atoms with Crippen molar-refractivity contribution in [3.8, 4) is 11.5 Å². The van der Waals surface area contributed by atoms with E-state index in [-0.39, 0.29) is 5.92 Å². The van der Waals surface area contributed by atoms with Gasteiger partial charge in [0.25, 0.3) is 5.91 Å². The predicted molar refractivity (Wildman–Crippen MR) is 82.8 cm³/mol. The third-order valence-corrected chi connectivity index (χ3v) is 3.81. The van der Waals surface area contributed by atoms with Gasteiger partial charge in [0.1, 0.15) is 13.2 Å². The average Bonchev–Trinajstić information content (AvgIpc) is 3.29. The van der Waals surface area contributed by atoms with Crippen molar-refractivity contribution in [1.82, 2.24) is 5.32 Å². The topological polar surface area (TPSA) is 103 Å². The molecule has 24 heavy (non-hydrogen) atoms. The van der Waals surface area contributed by atoms with E-state index >= 15 is 0 Å². The van der Waals surface area contributed by atoms with E-state index < -0.39 is 24.5 Å². The molecule has 0 radical (unpaired) electrons. The lowest BCUT2D eigenvalue weighted by atomic mass is 10.2. The van der Waals surface area contributed by atoms with E-state index in [1.165, 1.54) is 0 Å². The van der Waals surface area contributed by atoms with Crippen LogP contribution in [0.25, 0.3) is 0 Å². The molecule has 1 fully saturated rings. The highest BCUT2D eigenvalue weighted by Crippen LogP contribution is 2.38. The van der Waals surface area contributed by atoms with Gasteiger partial charge in [-0.25, -0.2) is 4.79 Å². The second-order valence-electron chi connectivity index (χ2n) is 5.79. The maximum absolute atomic E-state index is 11.8. The second kappa shape index (κ2) is 6.77. The smallest absolute Gasteiger partial charge is 0.325 e. The highest BCUT2D eigenvalue weighted by Gasteiger charge is 2.40. The molecular weight excluding hydrogens is 316 g/mol. The lowest BCUT2D eigenvalue weighted by Gasteiger charge is -2.19. The molecule has 0 aromatic heterocycles. The van der Waals surface area contributed by atoms with Gasteiger partial charge >= 0.3 is 12.0 Å². The van der Waals surface area contributed by atoms with Gasteiger partial charge in [-0.15, -0.1) is 0 Å². The number of amides is 3. The van der Waals surface area contributed by atoms with Crippen LogP contribution in [0.5, 0.6) is 11.5 Å². The van der Waals surface area contributed by atoms with Crippen LogP contribution in [0.2, 0.25) is 0 Å². The quantitative estimate of drug-likeness (QED) is 0.805. The van der Waals surface area contributed by atoms with Gasteiger partial charge in [-0.2, -0.15) is 0 Å². The Balaban J connectivity index is 1.45. The molecule has 0 bridgehead atoms. The first-order chi connectivity index (χ1) is 11.5. The first-order valence-corrected chi connectivity index (χ1v) is 7.70. The Labute approximate surface area is 138 Å². The first kappa shape index (κ1) is 16.1. The van der Waals surface area contributed by atoms with Crippen molar-refractivity contribution < 1.29 is 28.6 Å². The minimum atomic E-state index is -0.715. The van der Waals surface area contributed by atoms with E-state index in [9.17, 15) is 14.4 Å². The largest absolute Gasteiger partial charge is 0.486 e. The van der Waals surface area contributed by atoms with E-state index in [2.05, 4.69) is 10.6 Å². The molecule has 0 saturated heterocycles. The first-order valence-electron chi connectivity index (χ1n) is 7.70. The monoisotopic (exact) mass is 334 g/mol.